The Bertz CT molecular complexity index is 589. The van der Waals surface area contributed by atoms with E-state index >= 15 is 0 Å². The van der Waals surface area contributed by atoms with E-state index in [2.05, 4.69) is 47.5 Å². The van der Waals surface area contributed by atoms with Gasteiger partial charge in [-0.3, -0.25) is 0 Å². The molecular formula is C16H14BN. The van der Waals surface area contributed by atoms with E-state index in [9.17, 15) is 0 Å². The summed E-state index contributed by atoms with van der Waals surface area (Å²) in [6, 6.07) is 16.6. The van der Waals surface area contributed by atoms with Crippen LogP contribution in [0.3, 0.4) is 0 Å². The molecule has 0 spiro atoms. The summed E-state index contributed by atoms with van der Waals surface area (Å²) in [7, 11) is 5.98. The van der Waals surface area contributed by atoms with E-state index in [4.69, 9.17) is 7.85 Å². The molecule has 2 aromatic carbocycles. The minimum Gasteiger partial charge on any atom is -0.369 e. The SMILES string of the molecule is [B]c1ccccc1CN1C=Cc2ccccc2C1. The fourth-order valence-electron chi connectivity index (χ4n) is 2.30. The number of nitrogens with zero attached hydrogens (tertiary/aromatic N) is 1. The van der Waals surface area contributed by atoms with Crippen LogP contribution in [0.5, 0.6) is 0 Å². The van der Waals surface area contributed by atoms with Gasteiger partial charge in [0.25, 0.3) is 0 Å². The van der Waals surface area contributed by atoms with Crippen LogP contribution >= 0.6 is 0 Å². The lowest BCUT2D eigenvalue weighted by molar-refractivity contribution is 0.360. The number of hydrogen-bond acceptors (Lipinski definition) is 1. The first-order valence-electron chi connectivity index (χ1n) is 6.16. The van der Waals surface area contributed by atoms with Crippen LogP contribution in [-0.4, -0.2) is 12.7 Å². The standard InChI is InChI=1S/C16H14BN/c17-16-8-4-3-7-15(16)12-18-10-9-13-5-1-2-6-14(13)11-18/h1-10H,11-12H2. The molecule has 0 aliphatic carbocycles. The Kier molecular flexibility index (Phi) is 2.93. The fourth-order valence-corrected chi connectivity index (χ4v) is 2.30. The molecule has 1 aliphatic rings. The predicted molar refractivity (Wildman–Crippen MR) is 76.6 cm³/mol. The van der Waals surface area contributed by atoms with Crippen molar-refractivity contribution in [1.29, 1.82) is 0 Å². The largest absolute Gasteiger partial charge is 0.369 e. The Hall–Kier alpha value is -1.96. The van der Waals surface area contributed by atoms with Crippen molar-refractivity contribution >= 4 is 19.4 Å². The first-order valence-corrected chi connectivity index (χ1v) is 6.16. The molecule has 2 radical (unpaired) electrons. The van der Waals surface area contributed by atoms with Crippen LogP contribution in [0.4, 0.5) is 0 Å². The summed E-state index contributed by atoms with van der Waals surface area (Å²) >= 11 is 0. The summed E-state index contributed by atoms with van der Waals surface area (Å²) in [5.41, 5.74) is 4.73. The van der Waals surface area contributed by atoms with E-state index < -0.39 is 0 Å². The molecule has 18 heavy (non-hydrogen) atoms. The third kappa shape index (κ3) is 2.19. The maximum absolute atomic E-state index is 5.98. The lowest BCUT2D eigenvalue weighted by Crippen LogP contribution is -2.23. The van der Waals surface area contributed by atoms with Crippen LogP contribution in [0, 0.1) is 0 Å². The Balaban J connectivity index is 1.80. The monoisotopic (exact) mass is 231 g/mol. The van der Waals surface area contributed by atoms with Crippen molar-refractivity contribution in [2.24, 2.45) is 0 Å². The molecule has 86 valence electrons. The second-order valence-corrected chi connectivity index (χ2v) is 4.62. The maximum atomic E-state index is 5.98. The van der Waals surface area contributed by atoms with Crippen molar-refractivity contribution in [3.05, 3.63) is 71.4 Å². The normalized spacial score (nSPS) is 13.4. The summed E-state index contributed by atoms with van der Waals surface area (Å²) in [6.45, 7) is 1.80. The fraction of sp³-hybridized carbons (Fsp3) is 0.125. The molecule has 0 N–H and O–H groups in total. The lowest BCUT2D eigenvalue weighted by atomic mass is 9.90. The quantitative estimate of drug-likeness (QED) is 0.717. The van der Waals surface area contributed by atoms with E-state index in [0.29, 0.717) is 0 Å². The predicted octanol–water partition coefficient (Wildman–Crippen LogP) is 2.47. The Morgan fingerprint density at radius 2 is 1.78 bits per heavy atom. The van der Waals surface area contributed by atoms with Crippen molar-refractivity contribution in [3.63, 3.8) is 0 Å². The van der Waals surface area contributed by atoms with Crippen molar-refractivity contribution in [3.8, 4) is 0 Å². The third-order valence-electron chi connectivity index (χ3n) is 3.32. The second-order valence-electron chi connectivity index (χ2n) is 4.62. The third-order valence-corrected chi connectivity index (χ3v) is 3.32. The summed E-state index contributed by atoms with van der Waals surface area (Å²) in [5, 5.41) is 0. The zero-order chi connectivity index (χ0) is 12.4. The molecule has 1 nitrogen and oxygen atoms in total. The van der Waals surface area contributed by atoms with E-state index in [-0.39, 0.29) is 0 Å². The molecule has 0 atom stereocenters. The molecule has 2 aromatic rings. The molecule has 0 amide bonds. The van der Waals surface area contributed by atoms with Crippen LogP contribution in [0.25, 0.3) is 6.08 Å². The molecule has 1 heterocycles. The van der Waals surface area contributed by atoms with Gasteiger partial charge in [-0.2, -0.15) is 0 Å². The van der Waals surface area contributed by atoms with Gasteiger partial charge in [0.1, 0.15) is 7.85 Å². The molecule has 0 saturated heterocycles. The number of hydrogen-bond donors (Lipinski definition) is 0. The average Bonchev–Trinajstić information content (AvgIpc) is 2.41. The van der Waals surface area contributed by atoms with E-state index in [1.807, 2.05) is 18.2 Å². The molecule has 0 unspecified atom stereocenters. The van der Waals surface area contributed by atoms with Crippen molar-refractivity contribution in [1.82, 2.24) is 4.90 Å². The lowest BCUT2D eigenvalue weighted by Gasteiger charge is -2.26. The van der Waals surface area contributed by atoms with Crippen LogP contribution in [0.2, 0.25) is 0 Å². The Morgan fingerprint density at radius 3 is 2.67 bits per heavy atom. The molecule has 1 aliphatic heterocycles. The number of benzene rings is 2. The molecule has 0 saturated carbocycles. The van der Waals surface area contributed by atoms with Gasteiger partial charge in [0.15, 0.2) is 0 Å². The smallest absolute Gasteiger partial charge is 0.114 e. The summed E-state index contributed by atoms with van der Waals surface area (Å²) < 4.78 is 0. The second kappa shape index (κ2) is 4.73. The summed E-state index contributed by atoms with van der Waals surface area (Å²) in [5.74, 6) is 0. The molecule has 3 rings (SSSR count). The van der Waals surface area contributed by atoms with Gasteiger partial charge >= 0.3 is 0 Å². The highest BCUT2D eigenvalue weighted by Crippen LogP contribution is 2.20. The van der Waals surface area contributed by atoms with Gasteiger partial charge in [0, 0.05) is 19.3 Å². The first kappa shape index (κ1) is 11.2. The zero-order valence-electron chi connectivity index (χ0n) is 10.2. The topological polar surface area (TPSA) is 3.24 Å². The Labute approximate surface area is 109 Å². The molecular weight excluding hydrogens is 217 g/mol. The summed E-state index contributed by atoms with van der Waals surface area (Å²) in [4.78, 5) is 2.29. The van der Waals surface area contributed by atoms with Crippen LogP contribution in [0.15, 0.2) is 54.7 Å². The zero-order valence-corrected chi connectivity index (χ0v) is 10.2. The van der Waals surface area contributed by atoms with Gasteiger partial charge in [-0.25, -0.2) is 0 Å². The minimum atomic E-state index is 0.859. The number of rotatable bonds is 2. The van der Waals surface area contributed by atoms with E-state index in [1.54, 1.807) is 0 Å². The van der Waals surface area contributed by atoms with Crippen molar-refractivity contribution in [2.75, 3.05) is 0 Å². The van der Waals surface area contributed by atoms with Gasteiger partial charge in [0.2, 0.25) is 0 Å². The molecule has 2 heteroatoms. The van der Waals surface area contributed by atoms with Gasteiger partial charge in [-0.15, -0.1) is 0 Å². The average molecular weight is 231 g/mol. The van der Waals surface area contributed by atoms with Gasteiger partial charge in [-0.05, 0) is 22.8 Å². The van der Waals surface area contributed by atoms with E-state index in [0.717, 1.165) is 18.6 Å². The highest BCUT2D eigenvalue weighted by Gasteiger charge is 2.10. The number of fused-ring (bicyclic) bond motifs is 1. The van der Waals surface area contributed by atoms with Gasteiger partial charge in [-0.1, -0.05) is 54.0 Å². The maximum Gasteiger partial charge on any atom is 0.114 e. The molecule has 0 aromatic heterocycles. The van der Waals surface area contributed by atoms with Gasteiger partial charge in [0.05, 0.1) is 0 Å². The van der Waals surface area contributed by atoms with Crippen LogP contribution in [0.1, 0.15) is 16.7 Å². The minimum absolute atomic E-state index is 0.859. The van der Waals surface area contributed by atoms with Crippen LogP contribution in [-0.2, 0) is 13.1 Å². The highest BCUT2D eigenvalue weighted by molar-refractivity contribution is 6.33. The van der Waals surface area contributed by atoms with Crippen molar-refractivity contribution < 1.29 is 0 Å². The Morgan fingerprint density at radius 1 is 1.00 bits per heavy atom. The van der Waals surface area contributed by atoms with Crippen molar-refractivity contribution in [2.45, 2.75) is 13.1 Å². The van der Waals surface area contributed by atoms with E-state index in [1.165, 1.54) is 16.7 Å². The van der Waals surface area contributed by atoms with Crippen LogP contribution < -0.4 is 5.46 Å². The molecule has 0 bridgehead atoms. The first-order chi connectivity index (χ1) is 8.83. The summed E-state index contributed by atoms with van der Waals surface area (Å²) in [6.07, 6.45) is 4.31. The highest BCUT2D eigenvalue weighted by atomic mass is 15.1. The van der Waals surface area contributed by atoms with Gasteiger partial charge < -0.3 is 4.90 Å². The molecule has 0 fully saturated rings.